The predicted molar refractivity (Wildman–Crippen MR) is 101 cm³/mol. The highest BCUT2D eigenvalue weighted by molar-refractivity contribution is 6.44. The van der Waals surface area contributed by atoms with Gasteiger partial charge in [-0.15, -0.1) is 0 Å². The molecule has 1 aromatic rings. The first-order chi connectivity index (χ1) is 12.1. The van der Waals surface area contributed by atoms with Crippen molar-refractivity contribution in [2.45, 2.75) is 38.5 Å². The maximum absolute atomic E-state index is 12.3. The molecule has 6 heteroatoms. The molecule has 0 aromatic heterocycles. The number of nitrogens with one attached hydrogen (secondary N) is 2. The molecule has 0 aliphatic heterocycles. The maximum atomic E-state index is 12.3. The Hall–Kier alpha value is -1.52. The number of anilines is 1. The van der Waals surface area contributed by atoms with Crippen molar-refractivity contribution < 1.29 is 9.59 Å². The van der Waals surface area contributed by atoms with E-state index in [4.69, 9.17) is 23.2 Å². The molecule has 2 N–H and O–H groups in total. The summed E-state index contributed by atoms with van der Waals surface area (Å²) in [5.41, 5.74) is 1.92. The van der Waals surface area contributed by atoms with Crippen LogP contribution in [0.3, 0.4) is 0 Å². The Balaban J connectivity index is 1.43. The Morgan fingerprint density at radius 2 is 1.92 bits per heavy atom. The first-order valence-electron chi connectivity index (χ1n) is 8.76. The van der Waals surface area contributed by atoms with Gasteiger partial charge in [0.2, 0.25) is 11.8 Å². The van der Waals surface area contributed by atoms with Gasteiger partial charge in [0.1, 0.15) is 0 Å². The Morgan fingerprint density at radius 3 is 2.68 bits per heavy atom. The van der Waals surface area contributed by atoms with Crippen molar-refractivity contribution in [3.05, 3.63) is 39.9 Å². The van der Waals surface area contributed by atoms with Gasteiger partial charge in [-0.2, -0.15) is 0 Å². The van der Waals surface area contributed by atoms with Crippen molar-refractivity contribution in [2.24, 2.45) is 11.8 Å². The summed E-state index contributed by atoms with van der Waals surface area (Å²) >= 11 is 12.0. The van der Waals surface area contributed by atoms with Crippen LogP contribution in [-0.2, 0) is 9.59 Å². The third kappa shape index (κ3) is 4.77. The number of hydrogen-bond donors (Lipinski definition) is 2. The molecule has 2 aliphatic carbocycles. The molecule has 4 nitrogen and oxygen atoms in total. The molecule has 25 heavy (non-hydrogen) atoms. The second kappa shape index (κ2) is 8.24. The van der Waals surface area contributed by atoms with Gasteiger partial charge in [0, 0.05) is 6.54 Å². The highest BCUT2D eigenvalue weighted by Gasteiger charge is 2.48. The highest BCUT2D eigenvalue weighted by Crippen LogP contribution is 2.40. The monoisotopic (exact) mass is 380 g/mol. The lowest BCUT2D eigenvalue weighted by Crippen LogP contribution is -2.28. The first kappa shape index (κ1) is 18.3. The lowest BCUT2D eigenvalue weighted by molar-refractivity contribution is -0.125. The van der Waals surface area contributed by atoms with E-state index in [0.717, 1.165) is 19.3 Å². The molecule has 0 spiro atoms. The van der Waals surface area contributed by atoms with E-state index in [1.54, 1.807) is 18.2 Å². The topological polar surface area (TPSA) is 58.2 Å². The molecule has 1 fully saturated rings. The molecule has 2 aliphatic rings. The van der Waals surface area contributed by atoms with Gasteiger partial charge in [-0.25, -0.2) is 0 Å². The van der Waals surface area contributed by atoms with E-state index in [2.05, 4.69) is 16.7 Å². The van der Waals surface area contributed by atoms with Gasteiger partial charge in [0.15, 0.2) is 0 Å². The van der Waals surface area contributed by atoms with Crippen LogP contribution in [0.2, 0.25) is 10.0 Å². The van der Waals surface area contributed by atoms with Crippen LogP contribution < -0.4 is 10.6 Å². The van der Waals surface area contributed by atoms with E-state index in [9.17, 15) is 9.59 Å². The zero-order valence-electron chi connectivity index (χ0n) is 14.0. The lowest BCUT2D eigenvalue weighted by Gasteiger charge is -2.13. The van der Waals surface area contributed by atoms with Crippen LogP contribution in [0.1, 0.15) is 38.5 Å². The van der Waals surface area contributed by atoms with E-state index < -0.39 is 0 Å². The summed E-state index contributed by atoms with van der Waals surface area (Å²) in [6.07, 6.45) is 8.59. The third-order valence-corrected chi connectivity index (χ3v) is 5.62. The second-order valence-corrected chi connectivity index (χ2v) is 7.47. The molecule has 1 aromatic carbocycles. The molecular weight excluding hydrogens is 359 g/mol. The summed E-state index contributed by atoms with van der Waals surface area (Å²) < 4.78 is 0. The van der Waals surface area contributed by atoms with Gasteiger partial charge in [0.05, 0.1) is 27.6 Å². The number of carbonyl (C=O) groups excluding carboxylic acids is 2. The van der Waals surface area contributed by atoms with E-state index >= 15 is 0 Å². The molecule has 0 saturated heterocycles. The summed E-state index contributed by atoms with van der Waals surface area (Å²) in [5.74, 6) is -0.740. The van der Waals surface area contributed by atoms with Gasteiger partial charge in [-0.05, 0) is 50.7 Å². The Morgan fingerprint density at radius 1 is 1.12 bits per heavy atom. The normalized spacial score (nSPS) is 22.1. The molecule has 3 rings (SSSR count). The van der Waals surface area contributed by atoms with Crippen molar-refractivity contribution in [3.8, 4) is 0 Å². The second-order valence-electron chi connectivity index (χ2n) is 6.69. The van der Waals surface area contributed by atoms with Crippen LogP contribution >= 0.6 is 23.2 Å². The van der Waals surface area contributed by atoms with E-state index in [1.807, 2.05) is 0 Å². The maximum Gasteiger partial charge on any atom is 0.228 e. The first-order valence-corrected chi connectivity index (χ1v) is 9.52. The molecule has 2 unspecified atom stereocenters. The number of carbonyl (C=O) groups is 2. The molecule has 0 bridgehead atoms. The highest BCUT2D eigenvalue weighted by atomic mass is 35.5. The van der Waals surface area contributed by atoms with Gasteiger partial charge < -0.3 is 10.6 Å². The SMILES string of the molecule is O=C(NCCC1=CCCCC1)C1CC1C(=O)Nc1cccc(Cl)c1Cl. The molecule has 0 radical (unpaired) electrons. The van der Waals surface area contributed by atoms with Crippen molar-refractivity contribution in [1.82, 2.24) is 5.32 Å². The number of hydrogen-bond acceptors (Lipinski definition) is 2. The van der Waals surface area contributed by atoms with Crippen LogP contribution in [-0.4, -0.2) is 18.4 Å². The largest absolute Gasteiger partial charge is 0.356 e. The van der Waals surface area contributed by atoms with Crippen LogP contribution in [0.5, 0.6) is 0 Å². The molecule has 0 heterocycles. The zero-order chi connectivity index (χ0) is 17.8. The number of allylic oxidation sites excluding steroid dienone is 1. The van der Waals surface area contributed by atoms with Crippen LogP contribution in [0, 0.1) is 11.8 Å². The number of amides is 2. The molecular formula is C19H22Cl2N2O2. The summed E-state index contributed by atoms with van der Waals surface area (Å²) in [7, 11) is 0. The summed E-state index contributed by atoms with van der Waals surface area (Å²) in [5, 5.41) is 6.43. The molecule has 2 atom stereocenters. The number of halogens is 2. The van der Waals surface area contributed by atoms with Gasteiger partial charge >= 0.3 is 0 Å². The fourth-order valence-electron chi connectivity index (χ4n) is 3.21. The summed E-state index contributed by atoms with van der Waals surface area (Å²) in [6, 6.07) is 5.08. The minimum Gasteiger partial charge on any atom is -0.356 e. The minimum absolute atomic E-state index is 0.0336. The van der Waals surface area contributed by atoms with Crippen LogP contribution in [0.15, 0.2) is 29.8 Å². The standard InChI is InChI=1S/C19H22Cl2N2O2/c20-15-7-4-8-16(17(15)21)23-19(25)14-11-13(14)18(24)22-10-9-12-5-2-1-3-6-12/h4-5,7-8,13-14H,1-3,6,9-11H2,(H,22,24)(H,23,25). The molecule has 2 amide bonds. The van der Waals surface area contributed by atoms with Gasteiger partial charge in [-0.3, -0.25) is 9.59 Å². The number of rotatable bonds is 6. The van der Waals surface area contributed by atoms with Crippen molar-refractivity contribution in [2.75, 3.05) is 11.9 Å². The van der Waals surface area contributed by atoms with Crippen molar-refractivity contribution in [1.29, 1.82) is 0 Å². The fourth-order valence-corrected chi connectivity index (χ4v) is 3.56. The van der Waals surface area contributed by atoms with Crippen LogP contribution in [0.25, 0.3) is 0 Å². The zero-order valence-corrected chi connectivity index (χ0v) is 15.5. The summed E-state index contributed by atoms with van der Waals surface area (Å²) in [4.78, 5) is 24.4. The fraction of sp³-hybridized carbons (Fsp3) is 0.474. The molecule has 134 valence electrons. The average molecular weight is 381 g/mol. The van der Waals surface area contributed by atoms with Gasteiger partial charge in [-0.1, -0.05) is 40.9 Å². The van der Waals surface area contributed by atoms with Crippen molar-refractivity contribution in [3.63, 3.8) is 0 Å². The van der Waals surface area contributed by atoms with Crippen molar-refractivity contribution >= 4 is 40.7 Å². The Kier molecular flexibility index (Phi) is 6.02. The predicted octanol–water partition coefficient (Wildman–Crippen LogP) is 4.57. The Bertz CT molecular complexity index is 703. The smallest absolute Gasteiger partial charge is 0.228 e. The average Bonchev–Trinajstić information content (AvgIpc) is 3.41. The van der Waals surface area contributed by atoms with Gasteiger partial charge in [0.25, 0.3) is 0 Å². The van der Waals surface area contributed by atoms with E-state index in [1.165, 1.54) is 18.4 Å². The van der Waals surface area contributed by atoms with Crippen LogP contribution in [0.4, 0.5) is 5.69 Å². The summed E-state index contributed by atoms with van der Waals surface area (Å²) in [6.45, 7) is 0.648. The quantitative estimate of drug-likeness (QED) is 0.709. The van der Waals surface area contributed by atoms with E-state index in [0.29, 0.717) is 28.7 Å². The number of benzene rings is 1. The third-order valence-electron chi connectivity index (χ3n) is 4.80. The lowest BCUT2D eigenvalue weighted by atomic mass is 9.97. The molecule has 1 saturated carbocycles. The Labute approximate surface area is 158 Å². The minimum atomic E-state index is -0.288. The van der Waals surface area contributed by atoms with E-state index in [-0.39, 0.29) is 23.7 Å².